The molecule has 0 fully saturated rings. The summed E-state index contributed by atoms with van der Waals surface area (Å²) in [6.45, 7) is 0. The van der Waals surface area contributed by atoms with Crippen molar-refractivity contribution < 1.29 is 18.1 Å². The Hall–Kier alpha value is -2.99. The van der Waals surface area contributed by atoms with E-state index in [0.717, 1.165) is 12.3 Å². The first-order valence-corrected chi connectivity index (χ1v) is 7.74. The molecule has 0 aliphatic rings. The molecular weight excluding hydrogens is 310 g/mol. The van der Waals surface area contributed by atoms with Crippen molar-refractivity contribution in [2.45, 2.75) is 4.90 Å². The van der Waals surface area contributed by atoms with Crippen LogP contribution < -0.4 is 4.74 Å². The maximum atomic E-state index is 11.3. The zero-order valence-corrected chi connectivity index (χ0v) is 12.1. The Morgan fingerprint density at radius 1 is 1.23 bits per heavy atom. The minimum Gasteiger partial charge on any atom is -0.439 e. The van der Waals surface area contributed by atoms with E-state index in [1.54, 1.807) is 6.07 Å². The van der Waals surface area contributed by atoms with Crippen LogP contribution in [0.15, 0.2) is 41.3 Å². The van der Waals surface area contributed by atoms with Crippen LogP contribution in [0.3, 0.4) is 0 Å². The minimum atomic E-state index is -3.31. The molecule has 8 nitrogen and oxygen atoms in total. The summed E-state index contributed by atoms with van der Waals surface area (Å²) in [6.07, 6.45) is 1.08. The summed E-state index contributed by atoms with van der Waals surface area (Å²) in [5, 5.41) is 19.5. The molecule has 0 aliphatic heterocycles. The van der Waals surface area contributed by atoms with Gasteiger partial charge in [0.25, 0.3) is 0 Å². The van der Waals surface area contributed by atoms with Crippen molar-refractivity contribution in [2.75, 3.05) is 6.26 Å². The van der Waals surface area contributed by atoms with Crippen molar-refractivity contribution in [2.24, 2.45) is 0 Å². The summed E-state index contributed by atoms with van der Waals surface area (Å²) >= 11 is 0. The Bertz CT molecular complexity index is 870. The van der Waals surface area contributed by atoms with Crippen LogP contribution in [-0.4, -0.2) is 24.6 Å². The molecule has 1 aromatic heterocycles. The number of hydrogen-bond donors (Lipinski definition) is 0. The molecule has 1 aromatic carbocycles. The summed E-state index contributed by atoms with van der Waals surface area (Å²) in [6, 6.07) is 9.56. The summed E-state index contributed by atoms with van der Waals surface area (Å²) in [7, 11) is -3.31. The highest BCUT2D eigenvalue weighted by molar-refractivity contribution is 7.90. The fourth-order valence-electron chi connectivity index (χ4n) is 1.60. The molecule has 1 heterocycles. The van der Waals surface area contributed by atoms with E-state index in [4.69, 9.17) is 10.00 Å². The van der Waals surface area contributed by atoms with E-state index in [9.17, 15) is 18.5 Å². The Morgan fingerprint density at radius 2 is 1.86 bits per heavy atom. The number of nitriles is 1. The topological polar surface area (TPSA) is 123 Å². The quantitative estimate of drug-likeness (QED) is 0.624. The van der Waals surface area contributed by atoms with Gasteiger partial charge in [-0.2, -0.15) is 10.2 Å². The molecule has 2 aromatic rings. The Balaban J connectivity index is 2.28. The minimum absolute atomic E-state index is 0.00532. The number of ether oxygens (including phenoxy) is 1. The largest absolute Gasteiger partial charge is 0.439 e. The SMILES string of the molecule is CS(=O)(=O)c1ccc(Oc2ccc([N+](=O)[O-])c(C#N)n2)cc1. The zero-order chi connectivity index (χ0) is 16.3. The highest BCUT2D eigenvalue weighted by Crippen LogP contribution is 2.24. The second-order valence-electron chi connectivity index (χ2n) is 4.23. The smallest absolute Gasteiger partial charge is 0.305 e. The van der Waals surface area contributed by atoms with Gasteiger partial charge in [0.15, 0.2) is 9.84 Å². The van der Waals surface area contributed by atoms with Crippen molar-refractivity contribution >= 4 is 15.5 Å². The Labute approximate surface area is 125 Å². The van der Waals surface area contributed by atoms with Crippen LogP contribution in [0.5, 0.6) is 11.6 Å². The van der Waals surface area contributed by atoms with Crippen molar-refractivity contribution in [3.8, 4) is 17.7 Å². The van der Waals surface area contributed by atoms with Gasteiger partial charge < -0.3 is 4.74 Å². The number of benzene rings is 1. The maximum absolute atomic E-state index is 11.3. The lowest BCUT2D eigenvalue weighted by molar-refractivity contribution is -0.385. The van der Waals surface area contributed by atoms with E-state index in [-0.39, 0.29) is 22.2 Å². The van der Waals surface area contributed by atoms with E-state index < -0.39 is 20.4 Å². The number of nitrogens with zero attached hydrogens (tertiary/aromatic N) is 3. The first-order chi connectivity index (χ1) is 10.3. The van der Waals surface area contributed by atoms with Gasteiger partial charge in [0.05, 0.1) is 9.82 Å². The average molecular weight is 319 g/mol. The lowest BCUT2D eigenvalue weighted by Crippen LogP contribution is -1.98. The fourth-order valence-corrected chi connectivity index (χ4v) is 2.23. The van der Waals surface area contributed by atoms with Gasteiger partial charge in [-0.25, -0.2) is 8.42 Å². The highest BCUT2D eigenvalue weighted by atomic mass is 32.2. The summed E-state index contributed by atoms with van der Waals surface area (Å²) in [5.41, 5.74) is -0.780. The third-order valence-corrected chi connectivity index (χ3v) is 3.75. The normalized spacial score (nSPS) is 10.7. The number of pyridine rings is 1. The second-order valence-corrected chi connectivity index (χ2v) is 6.25. The van der Waals surface area contributed by atoms with Gasteiger partial charge in [0.1, 0.15) is 11.8 Å². The molecular formula is C13H9N3O5S. The molecule has 22 heavy (non-hydrogen) atoms. The molecule has 0 N–H and O–H groups in total. The van der Waals surface area contributed by atoms with Crippen molar-refractivity contribution in [3.63, 3.8) is 0 Å². The molecule has 0 spiro atoms. The van der Waals surface area contributed by atoms with Crippen LogP contribution >= 0.6 is 0 Å². The van der Waals surface area contributed by atoms with Gasteiger partial charge >= 0.3 is 5.69 Å². The fraction of sp³-hybridized carbons (Fsp3) is 0.0769. The maximum Gasteiger partial charge on any atom is 0.305 e. The van der Waals surface area contributed by atoms with E-state index in [0.29, 0.717) is 0 Å². The molecule has 0 bridgehead atoms. The molecule has 112 valence electrons. The number of sulfone groups is 1. The first-order valence-electron chi connectivity index (χ1n) is 5.85. The molecule has 0 aliphatic carbocycles. The third kappa shape index (κ3) is 3.36. The van der Waals surface area contributed by atoms with E-state index >= 15 is 0 Å². The van der Waals surface area contributed by atoms with E-state index in [1.165, 1.54) is 30.3 Å². The molecule has 0 atom stereocenters. The summed E-state index contributed by atoms with van der Waals surface area (Å²) < 4.78 is 28.0. The van der Waals surface area contributed by atoms with Crippen LogP contribution in [0.25, 0.3) is 0 Å². The second kappa shape index (κ2) is 5.79. The lowest BCUT2D eigenvalue weighted by Gasteiger charge is -2.05. The lowest BCUT2D eigenvalue weighted by atomic mass is 10.3. The average Bonchev–Trinajstić information content (AvgIpc) is 2.46. The van der Waals surface area contributed by atoms with E-state index in [1.807, 2.05) is 0 Å². The molecule has 0 amide bonds. The van der Waals surface area contributed by atoms with Crippen molar-refractivity contribution in [1.82, 2.24) is 4.98 Å². The Kier molecular flexibility index (Phi) is 4.05. The van der Waals surface area contributed by atoms with Gasteiger partial charge in [-0.3, -0.25) is 10.1 Å². The van der Waals surface area contributed by atoms with Gasteiger partial charge in [-0.1, -0.05) is 0 Å². The Morgan fingerprint density at radius 3 is 2.36 bits per heavy atom. The predicted molar refractivity (Wildman–Crippen MR) is 75.2 cm³/mol. The van der Waals surface area contributed by atoms with Crippen LogP contribution in [-0.2, 0) is 9.84 Å². The summed E-state index contributed by atoms with van der Waals surface area (Å²) in [4.78, 5) is 13.9. The molecule has 0 saturated heterocycles. The monoisotopic (exact) mass is 319 g/mol. The molecule has 0 radical (unpaired) electrons. The number of hydrogen-bond acceptors (Lipinski definition) is 7. The molecule has 9 heteroatoms. The van der Waals surface area contributed by atoms with Crippen molar-refractivity contribution in [3.05, 3.63) is 52.2 Å². The molecule has 2 rings (SSSR count). The number of nitro groups is 1. The van der Waals surface area contributed by atoms with Crippen LogP contribution in [0.4, 0.5) is 5.69 Å². The van der Waals surface area contributed by atoms with Crippen LogP contribution in [0, 0.1) is 21.4 Å². The van der Waals surface area contributed by atoms with E-state index in [2.05, 4.69) is 4.98 Å². The third-order valence-electron chi connectivity index (χ3n) is 2.63. The predicted octanol–water partition coefficient (Wildman–Crippen LogP) is 2.06. The van der Waals surface area contributed by atoms with Gasteiger partial charge in [0.2, 0.25) is 11.6 Å². The highest BCUT2D eigenvalue weighted by Gasteiger charge is 2.16. The zero-order valence-electron chi connectivity index (χ0n) is 11.3. The van der Waals surface area contributed by atoms with Crippen LogP contribution in [0.2, 0.25) is 0 Å². The summed E-state index contributed by atoms with van der Waals surface area (Å²) in [5.74, 6) is 0.284. The van der Waals surface area contributed by atoms with Gasteiger partial charge in [0, 0.05) is 18.4 Å². The molecule has 0 saturated carbocycles. The number of aromatic nitrogens is 1. The molecule has 0 unspecified atom stereocenters. The van der Waals surface area contributed by atoms with Gasteiger partial charge in [-0.15, -0.1) is 0 Å². The first kappa shape index (κ1) is 15.4. The van der Waals surface area contributed by atoms with Crippen molar-refractivity contribution in [1.29, 1.82) is 5.26 Å². The standard InChI is InChI=1S/C13H9N3O5S/c1-22(19,20)10-4-2-9(3-5-10)21-13-7-6-12(16(17)18)11(8-14)15-13/h2-7H,1H3. The van der Waals surface area contributed by atoms with Gasteiger partial charge in [-0.05, 0) is 24.3 Å². The number of rotatable bonds is 4. The van der Waals surface area contributed by atoms with Crippen LogP contribution in [0.1, 0.15) is 5.69 Å².